The molecule has 0 radical (unpaired) electrons. The molecule has 3 aromatic carbocycles. The molecule has 0 atom stereocenters. The second kappa shape index (κ2) is 7.64. The van der Waals surface area contributed by atoms with Crippen LogP contribution in [0.4, 0.5) is 0 Å². The molecule has 3 aromatic rings. The van der Waals surface area contributed by atoms with Gasteiger partial charge in [-0.2, -0.15) is 0 Å². The standard InChI is InChI=1S/C21H20O7/c1-11(22)27-14-6-7-15-16(10-14)17(24-3)8-13-9-18(28-12(2)23)20(25-4)21(26-5)19(13)15/h6-10H,1-5H3. The van der Waals surface area contributed by atoms with Crippen LogP contribution >= 0.6 is 0 Å². The highest BCUT2D eigenvalue weighted by molar-refractivity contribution is 6.15. The van der Waals surface area contributed by atoms with Crippen LogP contribution in [0.25, 0.3) is 21.5 Å². The average Bonchev–Trinajstić information content (AvgIpc) is 2.65. The van der Waals surface area contributed by atoms with Crippen LogP contribution in [-0.2, 0) is 9.59 Å². The Morgan fingerprint density at radius 1 is 0.714 bits per heavy atom. The van der Waals surface area contributed by atoms with Crippen molar-refractivity contribution in [3.05, 3.63) is 30.3 Å². The minimum Gasteiger partial charge on any atom is -0.496 e. The third kappa shape index (κ3) is 3.38. The number of hydrogen-bond acceptors (Lipinski definition) is 7. The quantitative estimate of drug-likeness (QED) is 0.375. The molecule has 3 rings (SSSR count). The second-order valence-corrected chi connectivity index (χ2v) is 6.01. The van der Waals surface area contributed by atoms with E-state index >= 15 is 0 Å². The van der Waals surface area contributed by atoms with Crippen LogP contribution in [-0.4, -0.2) is 33.3 Å². The van der Waals surface area contributed by atoms with E-state index in [1.54, 1.807) is 31.4 Å². The monoisotopic (exact) mass is 384 g/mol. The van der Waals surface area contributed by atoms with Crippen molar-refractivity contribution in [3.8, 4) is 28.7 Å². The van der Waals surface area contributed by atoms with E-state index in [2.05, 4.69) is 0 Å². The zero-order chi connectivity index (χ0) is 20.4. The van der Waals surface area contributed by atoms with Gasteiger partial charge in [-0.25, -0.2) is 0 Å². The smallest absolute Gasteiger partial charge is 0.308 e. The zero-order valence-corrected chi connectivity index (χ0v) is 16.2. The average molecular weight is 384 g/mol. The first kappa shape index (κ1) is 19.3. The highest BCUT2D eigenvalue weighted by Crippen LogP contribution is 2.48. The Labute approximate surface area is 161 Å². The Hall–Kier alpha value is -3.48. The number of carbonyl (C=O) groups is 2. The molecular formula is C21H20O7. The lowest BCUT2D eigenvalue weighted by atomic mass is 9.99. The molecule has 146 valence electrons. The normalized spacial score (nSPS) is 10.6. The zero-order valence-electron chi connectivity index (χ0n) is 16.2. The van der Waals surface area contributed by atoms with Crippen LogP contribution in [0.5, 0.6) is 28.7 Å². The number of methoxy groups -OCH3 is 3. The van der Waals surface area contributed by atoms with Gasteiger partial charge in [-0.05, 0) is 41.1 Å². The van der Waals surface area contributed by atoms with E-state index in [1.165, 1.54) is 28.1 Å². The highest BCUT2D eigenvalue weighted by atomic mass is 16.6. The van der Waals surface area contributed by atoms with Gasteiger partial charge in [-0.15, -0.1) is 0 Å². The summed E-state index contributed by atoms with van der Waals surface area (Å²) in [6.07, 6.45) is 0. The topological polar surface area (TPSA) is 80.3 Å². The van der Waals surface area contributed by atoms with Crippen molar-refractivity contribution in [2.24, 2.45) is 0 Å². The van der Waals surface area contributed by atoms with Crippen molar-refractivity contribution in [2.45, 2.75) is 13.8 Å². The molecule has 0 aliphatic carbocycles. The van der Waals surface area contributed by atoms with E-state index in [0.717, 1.165) is 21.5 Å². The van der Waals surface area contributed by atoms with Gasteiger partial charge in [0.05, 0.1) is 21.3 Å². The van der Waals surface area contributed by atoms with Gasteiger partial charge in [0.1, 0.15) is 11.5 Å². The molecule has 0 N–H and O–H groups in total. The van der Waals surface area contributed by atoms with Gasteiger partial charge in [-0.1, -0.05) is 0 Å². The number of hydrogen-bond donors (Lipinski definition) is 0. The predicted molar refractivity (Wildman–Crippen MR) is 104 cm³/mol. The number of esters is 2. The summed E-state index contributed by atoms with van der Waals surface area (Å²) in [7, 11) is 4.53. The van der Waals surface area contributed by atoms with E-state index < -0.39 is 11.9 Å². The summed E-state index contributed by atoms with van der Waals surface area (Å²) in [6, 6.07) is 8.71. The third-order valence-electron chi connectivity index (χ3n) is 4.19. The molecular weight excluding hydrogens is 364 g/mol. The van der Waals surface area contributed by atoms with E-state index in [4.69, 9.17) is 23.7 Å². The lowest BCUT2D eigenvalue weighted by Gasteiger charge is -2.18. The minimum absolute atomic E-state index is 0.247. The largest absolute Gasteiger partial charge is 0.496 e. The summed E-state index contributed by atoms with van der Waals surface area (Å²) >= 11 is 0. The summed E-state index contributed by atoms with van der Waals surface area (Å²) in [5.74, 6) is 1.06. The summed E-state index contributed by atoms with van der Waals surface area (Å²) < 4.78 is 27.1. The minimum atomic E-state index is -0.474. The Kier molecular flexibility index (Phi) is 5.26. The van der Waals surface area contributed by atoms with Crippen LogP contribution in [0.1, 0.15) is 13.8 Å². The lowest BCUT2D eigenvalue weighted by molar-refractivity contribution is -0.132. The van der Waals surface area contributed by atoms with E-state index in [1.807, 2.05) is 6.07 Å². The molecule has 0 bridgehead atoms. The van der Waals surface area contributed by atoms with Crippen molar-refractivity contribution in [3.63, 3.8) is 0 Å². The molecule has 0 amide bonds. The Morgan fingerprint density at radius 2 is 1.36 bits per heavy atom. The number of ether oxygens (including phenoxy) is 5. The van der Waals surface area contributed by atoms with Crippen LogP contribution in [0.15, 0.2) is 30.3 Å². The SMILES string of the molecule is COc1c(OC(C)=O)cc2cc(OC)c3cc(OC(C)=O)ccc3c2c1OC. The van der Waals surface area contributed by atoms with Crippen molar-refractivity contribution >= 4 is 33.5 Å². The van der Waals surface area contributed by atoms with Gasteiger partial charge in [0.15, 0.2) is 11.5 Å². The number of benzene rings is 3. The summed E-state index contributed by atoms with van der Waals surface area (Å²) in [4.78, 5) is 22.8. The molecule has 7 nitrogen and oxygen atoms in total. The molecule has 28 heavy (non-hydrogen) atoms. The van der Waals surface area contributed by atoms with Crippen LogP contribution in [0, 0.1) is 0 Å². The maximum absolute atomic E-state index is 11.5. The van der Waals surface area contributed by atoms with Crippen molar-refractivity contribution in [2.75, 3.05) is 21.3 Å². The fourth-order valence-corrected chi connectivity index (χ4v) is 3.21. The lowest BCUT2D eigenvalue weighted by Crippen LogP contribution is -2.04. The first-order valence-electron chi connectivity index (χ1n) is 8.45. The molecule has 0 aliphatic rings. The van der Waals surface area contributed by atoms with Crippen molar-refractivity contribution < 1.29 is 33.3 Å². The number of carbonyl (C=O) groups excluding carboxylic acids is 2. The molecule has 7 heteroatoms. The fraction of sp³-hybridized carbons (Fsp3) is 0.238. The first-order valence-corrected chi connectivity index (χ1v) is 8.45. The van der Waals surface area contributed by atoms with E-state index in [9.17, 15) is 9.59 Å². The number of rotatable bonds is 5. The first-order chi connectivity index (χ1) is 13.4. The molecule has 0 aromatic heterocycles. The summed E-state index contributed by atoms with van der Waals surface area (Å²) in [6.45, 7) is 2.65. The predicted octanol–water partition coefficient (Wildman–Crippen LogP) is 3.87. The molecule has 0 heterocycles. The van der Waals surface area contributed by atoms with Gasteiger partial charge in [0.25, 0.3) is 0 Å². The van der Waals surface area contributed by atoms with Gasteiger partial charge < -0.3 is 23.7 Å². The molecule has 0 saturated heterocycles. The Balaban J connectivity index is 2.42. The van der Waals surface area contributed by atoms with Gasteiger partial charge >= 0.3 is 11.9 Å². The highest BCUT2D eigenvalue weighted by Gasteiger charge is 2.21. The number of fused-ring (bicyclic) bond motifs is 3. The maximum Gasteiger partial charge on any atom is 0.308 e. The van der Waals surface area contributed by atoms with E-state index in [-0.39, 0.29) is 5.75 Å². The van der Waals surface area contributed by atoms with Gasteiger partial charge in [-0.3, -0.25) is 9.59 Å². The fourth-order valence-electron chi connectivity index (χ4n) is 3.21. The third-order valence-corrected chi connectivity index (χ3v) is 4.19. The van der Waals surface area contributed by atoms with E-state index in [0.29, 0.717) is 23.0 Å². The van der Waals surface area contributed by atoms with Crippen LogP contribution < -0.4 is 23.7 Å². The van der Waals surface area contributed by atoms with Crippen molar-refractivity contribution in [1.29, 1.82) is 0 Å². The van der Waals surface area contributed by atoms with Gasteiger partial charge in [0, 0.05) is 24.6 Å². The molecule has 0 aliphatic heterocycles. The Bertz CT molecular complexity index is 1090. The summed E-state index contributed by atoms with van der Waals surface area (Å²) in [5, 5.41) is 3.02. The Morgan fingerprint density at radius 3 is 1.93 bits per heavy atom. The van der Waals surface area contributed by atoms with Crippen LogP contribution in [0.3, 0.4) is 0 Å². The second-order valence-electron chi connectivity index (χ2n) is 6.01. The summed E-state index contributed by atoms with van der Waals surface area (Å²) in [5.41, 5.74) is 0. The van der Waals surface area contributed by atoms with Crippen LogP contribution in [0.2, 0.25) is 0 Å². The molecule has 0 unspecified atom stereocenters. The molecule has 0 fully saturated rings. The van der Waals surface area contributed by atoms with Crippen molar-refractivity contribution in [1.82, 2.24) is 0 Å². The molecule has 0 spiro atoms. The maximum atomic E-state index is 11.5. The van der Waals surface area contributed by atoms with Gasteiger partial charge in [0.2, 0.25) is 5.75 Å². The molecule has 0 saturated carbocycles.